The van der Waals surface area contributed by atoms with Gasteiger partial charge in [0.2, 0.25) is 0 Å². The second-order valence-electron chi connectivity index (χ2n) is 3.13. The molecule has 14 heavy (non-hydrogen) atoms. The van der Waals surface area contributed by atoms with Crippen LogP contribution in [0.3, 0.4) is 0 Å². The molecule has 0 aliphatic carbocycles. The smallest absolute Gasteiger partial charge is 0.331 e. The van der Waals surface area contributed by atoms with Crippen LogP contribution in [-0.4, -0.2) is 11.1 Å². The van der Waals surface area contributed by atoms with Gasteiger partial charge in [-0.05, 0) is 24.5 Å². The summed E-state index contributed by atoms with van der Waals surface area (Å²) in [6.07, 6.45) is 0.738. The van der Waals surface area contributed by atoms with Crippen LogP contribution in [0.4, 0.5) is 0 Å². The molecule has 0 atom stereocenters. The Labute approximate surface area is 83.9 Å². The first-order valence-corrected chi connectivity index (χ1v) is 4.65. The van der Waals surface area contributed by atoms with Crippen molar-refractivity contribution in [1.29, 1.82) is 0 Å². The second kappa shape index (κ2) is 4.61. The van der Waals surface area contributed by atoms with Crippen LogP contribution >= 0.6 is 0 Å². The van der Waals surface area contributed by atoms with Gasteiger partial charge in [0.1, 0.15) is 0 Å². The van der Waals surface area contributed by atoms with E-state index in [0.717, 1.165) is 17.6 Å². The van der Waals surface area contributed by atoms with Gasteiger partial charge in [0.25, 0.3) is 0 Å². The average molecular weight is 190 g/mol. The zero-order valence-corrected chi connectivity index (χ0v) is 8.45. The zero-order chi connectivity index (χ0) is 10.6. The first kappa shape index (κ1) is 10.5. The Hall–Kier alpha value is -1.57. The van der Waals surface area contributed by atoms with Crippen molar-refractivity contribution in [1.82, 2.24) is 0 Å². The molecule has 0 spiro atoms. The number of rotatable bonds is 3. The van der Waals surface area contributed by atoms with Gasteiger partial charge in [0.15, 0.2) is 0 Å². The van der Waals surface area contributed by atoms with Crippen molar-refractivity contribution < 1.29 is 9.90 Å². The van der Waals surface area contributed by atoms with E-state index < -0.39 is 5.97 Å². The van der Waals surface area contributed by atoms with E-state index in [1.165, 1.54) is 0 Å². The molecule has 0 saturated heterocycles. The van der Waals surface area contributed by atoms with E-state index in [9.17, 15) is 4.79 Å². The highest BCUT2D eigenvalue weighted by Crippen LogP contribution is 2.21. The molecule has 74 valence electrons. The van der Waals surface area contributed by atoms with Crippen LogP contribution in [0.15, 0.2) is 35.9 Å². The molecule has 1 rings (SSSR count). The third kappa shape index (κ3) is 2.22. The van der Waals surface area contributed by atoms with Crippen molar-refractivity contribution in [3.63, 3.8) is 0 Å². The molecule has 0 saturated carbocycles. The summed E-state index contributed by atoms with van der Waals surface area (Å²) >= 11 is 0. The molecule has 0 bridgehead atoms. The summed E-state index contributed by atoms with van der Waals surface area (Å²) in [5.74, 6) is -0.842. The molecule has 0 aromatic heterocycles. The highest BCUT2D eigenvalue weighted by Gasteiger charge is 2.08. The van der Waals surface area contributed by atoms with Crippen molar-refractivity contribution in [2.75, 3.05) is 0 Å². The fourth-order valence-corrected chi connectivity index (χ4v) is 1.45. The molecule has 0 aliphatic rings. The van der Waals surface area contributed by atoms with Gasteiger partial charge >= 0.3 is 5.97 Å². The lowest BCUT2D eigenvalue weighted by Gasteiger charge is -2.07. The summed E-state index contributed by atoms with van der Waals surface area (Å²) in [6, 6.07) is 9.63. The average Bonchev–Trinajstić information content (AvgIpc) is 2.20. The lowest BCUT2D eigenvalue weighted by Crippen LogP contribution is -2.00. The number of carbonyl (C=O) groups is 1. The molecule has 0 amide bonds. The minimum Gasteiger partial charge on any atom is -0.478 e. The minimum atomic E-state index is -0.842. The maximum absolute atomic E-state index is 10.8. The number of hydrogen-bond acceptors (Lipinski definition) is 1. The molecule has 0 aliphatic heterocycles. The maximum Gasteiger partial charge on any atom is 0.331 e. The first-order chi connectivity index (χ1) is 6.66. The van der Waals surface area contributed by atoms with Gasteiger partial charge < -0.3 is 5.11 Å². The summed E-state index contributed by atoms with van der Waals surface area (Å²) < 4.78 is 0. The van der Waals surface area contributed by atoms with Crippen LogP contribution < -0.4 is 0 Å². The van der Waals surface area contributed by atoms with Crippen LogP contribution in [0, 0.1) is 0 Å². The molecule has 0 fully saturated rings. The molecular weight excluding hydrogens is 176 g/mol. The SMILES string of the molecule is CC/C(=C(\C)C(=O)O)c1ccccc1. The number of carboxylic acids is 1. The van der Waals surface area contributed by atoms with Gasteiger partial charge in [-0.25, -0.2) is 4.79 Å². The molecule has 2 heteroatoms. The molecule has 0 unspecified atom stereocenters. The van der Waals surface area contributed by atoms with E-state index in [1.54, 1.807) is 6.92 Å². The Morgan fingerprint density at radius 1 is 1.29 bits per heavy atom. The highest BCUT2D eigenvalue weighted by atomic mass is 16.4. The normalized spacial score (nSPS) is 12.1. The molecule has 0 heterocycles. The van der Waals surface area contributed by atoms with Gasteiger partial charge in [-0.15, -0.1) is 0 Å². The predicted molar refractivity (Wildman–Crippen MR) is 57.0 cm³/mol. The Morgan fingerprint density at radius 2 is 1.86 bits per heavy atom. The molecule has 1 N–H and O–H groups in total. The van der Waals surface area contributed by atoms with Crippen LogP contribution in [0.1, 0.15) is 25.8 Å². The fourth-order valence-electron chi connectivity index (χ4n) is 1.45. The standard InChI is InChI=1S/C12H14O2/c1-3-11(9(2)12(13)14)10-7-5-4-6-8-10/h4-8H,3H2,1-2H3,(H,13,14)/b11-9-. The van der Waals surface area contributed by atoms with Gasteiger partial charge in [-0.2, -0.15) is 0 Å². The Morgan fingerprint density at radius 3 is 2.29 bits per heavy atom. The van der Waals surface area contributed by atoms with Crippen molar-refractivity contribution in [3.05, 3.63) is 41.5 Å². The van der Waals surface area contributed by atoms with Gasteiger partial charge in [-0.3, -0.25) is 0 Å². The van der Waals surface area contributed by atoms with E-state index in [1.807, 2.05) is 37.3 Å². The number of aliphatic carboxylic acids is 1. The Kier molecular flexibility index (Phi) is 3.46. The van der Waals surface area contributed by atoms with E-state index >= 15 is 0 Å². The lowest BCUT2D eigenvalue weighted by molar-refractivity contribution is -0.132. The van der Waals surface area contributed by atoms with Crippen molar-refractivity contribution >= 4 is 11.5 Å². The number of carboxylic acid groups (broad SMARTS) is 1. The number of benzene rings is 1. The van der Waals surface area contributed by atoms with Gasteiger partial charge in [0, 0.05) is 5.57 Å². The maximum atomic E-state index is 10.8. The Balaban J connectivity index is 3.17. The monoisotopic (exact) mass is 190 g/mol. The van der Waals surface area contributed by atoms with E-state index in [2.05, 4.69) is 0 Å². The molecule has 1 aromatic rings. The van der Waals surface area contributed by atoms with Crippen LogP contribution in [0.25, 0.3) is 5.57 Å². The van der Waals surface area contributed by atoms with Crippen LogP contribution in [0.2, 0.25) is 0 Å². The number of allylic oxidation sites excluding steroid dienone is 1. The third-order valence-corrected chi connectivity index (χ3v) is 2.25. The van der Waals surface area contributed by atoms with Crippen molar-refractivity contribution in [3.8, 4) is 0 Å². The first-order valence-electron chi connectivity index (χ1n) is 4.65. The number of hydrogen-bond donors (Lipinski definition) is 1. The summed E-state index contributed by atoms with van der Waals surface area (Å²) in [5, 5.41) is 8.89. The summed E-state index contributed by atoms with van der Waals surface area (Å²) in [5.41, 5.74) is 2.33. The fraction of sp³-hybridized carbons (Fsp3) is 0.250. The quantitative estimate of drug-likeness (QED) is 0.744. The van der Waals surface area contributed by atoms with E-state index in [0.29, 0.717) is 5.57 Å². The summed E-state index contributed by atoms with van der Waals surface area (Å²) in [7, 11) is 0. The highest BCUT2D eigenvalue weighted by molar-refractivity contribution is 5.95. The predicted octanol–water partition coefficient (Wildman–Crippen LogP) is 2.95. The molecule has 1 aromatic carbocycles. The van der Waals surface area contributed by atoms with Gasteiger partial charge in [-0.1, -0.05) is 37.3 Å². The van der Waals surface area contributed by atoms with E-state index in [-0.39, 0.29) is 0 Å². The molecule has 0 radical (unpaired) electrons. The van der Waals surface area contributed by atoms with Crippen molar-refractivity contribution in [2.45, 2.75) is 20.3 Å². The molecular formula is C12H14O2. The van der Waals surface area contributed by atoms with Crippen LogP contribution in [0.5, 0.6) is 0 Å². The van der Waals surface area contributed by atoms with E-state index in [4.69, 9.17) is 5.11 Å². The van der Waals surface area contributed by atoms with Crippen LogP contribution in [-0.2, 0) is 4.79 Å². The lowest BCUT2D eigenvalue weighted by atomic mass is 9.99. The molecule has 2 nitrogen and oxygen atoms in total. The topological polar surface area (TPSA) is 37.3 Å². The van der Waals surface area contributed by atoms with Crippen molar-refractivity contribution in [2.24, 2.45) is 0 Å². The third-order valence-electron chi connectivity index (χ3n) is 2.25. The zero-order valence-electron chi connectivity index (χ0n) is 8.45. The second-order valence-corrected chi connectivity index (χ2v) is 3.13. The minimum absolute atomic E-state index is 0.429. The summed E-state index contributed by atoms with van der Waals surface area (Å²) in [4.78, 5) is 10.8. The van der Waals surface area contributed by atoms with Gasteiger partial charge in [0.05, 0.1) is 0 Å². The summed E-state index contributed by atoms with van der Waals surface area (Å²) in [6.45, 7) is 3.61. The Bertz CT molecular complexity index is 350. The largest absolute Gasteiger partial charge is 0.478 e.